The molecule has 0 atom stereocenters. The number of fused-ring (bicyclic) bond motifs is 3. The Morgan fingerprint density at radius 2 is 1.87 bits per heavy atom. The lowest BCUT2D eigenvalue weighted by molar-refractivity contribution is 0.764. The van der Waals surface area contributed by atoms with Crippen LogP contribution in [0.15, 0.2) is 47.7 Å². The molecule has 0 radical (unpaired) electrons. The molecule has 0 saturated carbocycles. The van der Waals surface area contributed by atoms with Crippen molar-refractivity contribution in [3.63, 3.8) is 0 Å². The molecule has 6 nitrogen and oxygen atoms in total. The molecule has 0 N–H and O–H groups in total. The largest absolute Gasteiger partial charge is 0.310 e. The van der Waals surface area contributed by atoms with Gasteiger partial charge in [0.25, 0.3) is 11.3 Å². The summed E-state index contributed by atoms with van der Waals surface area (Å²) < 4.78 is 3.30. The molecule has 0 aliphatic heterocycles. The average molecular weight is 305 g/mol. The maximum atomic E-state index is 12.8. The highest BCUT2D eigenvalue weighted by atomic mass is 16.1. The summed E-state index contributed by atoms with van der Waals surface area (Å²) in [4.78, 5) is 21.3. The zero-order valence-electron chi connectivity index (χ0n) is 12.9. The van der Waals surface area contributed by atoms with E-state index in [4.69, 9.17) is 0 Å². The van der Waals surface area contributed by atoms with Gasteiger partial charge in [0.05, 0.1) is 23.1 Å². The fraction of sp³-hybridized carbons (Fsp3) is 0.176. The van der Waals surface area contributed by atoms with Crippen LogP contribution in [-0.4, -0.2) is 24.1 Å². The monoisotopic (exact) mass is 305 g/mol. The molecule has 0 aliphatic rings. The Hall–Kier alpha value is -3.02. The average Bonchev–Trinajstić information content (AvgIpc) is 3.00. The van der Waals surface area contributed by atoms with Gasteiger partial charge in [0.15, 0.2) is 0 Å². The number of hydrogen-bond acceptors (Lipinski definition) is 4. The smallest absolute Gasteiger partial charge is 0.262 e. The van der Waals surface area contributed by atoms with Crippen LogP contribution in [0.5, 0.6) is 0 Å². The summed E-state index contributed by atoms with van der Waals surface area (Å²) in [5.41, 5.74) is 3.63. The van der Waals surface area contributed by atoms with E-state index in [1.807, 2.05) is 44.2 Å². The van der Waals surface area contributed by atoms with E-state index >= 15 is 0 Å². The number of hydrogen-bond donors (Lipinski definition) is 0. The summed E-state index contributed by atoms with van der Waals surface area (Å²) in [5, 5.41) is 4.73. The molecule has 0 saturated heterocycles. The van der Waals surface area contributed by atoms with Crippen molar-refractivity contribution >= 4 is 16.7 Å². The van der Waals surface area contributed by atoms with E-state index in [9.17, 15) is 4.79 Å². The Morgan fingerprint density at radius 1 is 1.09 bits per heavy atom. The Labute approximate surface area is 132 Å². The number of aryl methyl sites for hydroxylation is 2. The van der Waals surface area contributed by atoms with Gasteiger partial charge in [-0.3, -0.25) is 4.79 Å². The third kappa shape index (κ3) is 2.19. The van der Waals surface area contributed by atoms with Crippen LogP contribution in [0.25, 0.3) is 16.7 Å². The summed E-state index contributed by atoms with van der Waals surface area (Å²) in [6.45, 7) is 4.41. The van der Waals surface area contributed by atoms with Gasteiger partial charge in [-0.2, -0.15) is 14.6 Å². The van der Waals surface area contributed by atoms with Crippen LogP contribution in [0.3, 0.4) is 0 Å². The van der Waals surface area contributed by atoms with Gasteiger partial charge in [0.1, 0.15) is 6.33 Å². The summed E-state index contributed by atoms with van der Waals surface area (Å²) in [6, 6.07) is 10.1. The SMILES string of the molecule is Cc1ccc(Cn2ccc3c(c(C)nc4ncnn43)c2=O)cc1. The normalized spacial score (nSPS) is 11.4. The van der Waals surface area contributed by atoms with E-state index in [0.29, 0.717) is 23.4 Å². The first-order valence-corrected chi connectivity index (χ1v) is 7.38. The molecule has 0 spiro atoms. The minimum Gasteiger partial charge on any atom is -0.310 e. The number of rotatable bonds is 2. The van der Waals surface area contributed by atoms with Crippen molar-refractivity contribution in [1.29, 1.82) is 0 Å². The number of nitrogens with zero attached hydrogens (tertiary/aromatic N) is 5. The van der Waals surface area contributed by atoms with Crippen molar-refractivity contribution < 1.29 is 0 Å². The maximum absolute atomic E-state index is 12.8. The van der Waals surface area contributed by atoms with E-state index in [1.54, 1.807) is 15.3 Å². The Morgan fingerprint density at radius 3 is 2.65 bits per heavy atom. The van der Waals surface area contributed by atoms with E-state index in [0.717, 1.165) is 11.1 Å². The van der Waals surface area contributed by atoms with E-state index in [1.165, 1.54) is 11.9 Å². The molecule has 23 heavy (non-hydrogen) atoms. The second-order valence-corrected chi connectivity index (χ2v) is 5.66. The van der Waals surface area contributed by atoms with Gasteiger partial charge in [-0.05, 0) is 25.5 Å². The van der Waals surface area contributed by atoms with Crippen molar-refractivity contribution in [2.45, 2.75) is 20.4 Å². The molecule has 3 heterocycles. The lowest BCUT2D eigenvalue weighted by atomic mass is 10.1. The quantitative estimate of drug-likeness (QED) is 0.569. The molecule has 0 bridgehead atoms. The van der Waals surface area contributed by atoms with Gasteiger partial charge in [-0.1, -0.05) is 29.8 Å². The highest BCUT2D eigenvalue weighted by Crippen LogP contribution is 2.14. The predicted octanol–water partition coefficient (Wildman–Crippen LogP) is 2.10. The summed E-state index contributed by atoms with van der Waals surface area (Å²) in [5.74, 6) is 0.505. The molecule has 0 fully saturated rings. The highest BCUT2D eigenvalue weighted by molar-refractivity contribution is 5.81. The third-order valence-electron chi connectivity index (χ3n) is 4.00. The molecule has 3 aromatic heterocycles. The van der Waals surface area contributed by atoms with Crippen LogP contribution in [0.2, 0.25) is 0 Å². The molecule has 4 aromatic rings. The molecule has 0 unspecified atom stereocenters. The Balaban J connectivity index is 1.90. The minimum atomic E-state index is -0.0644. The van der Waals surface area contributed by atoms with Crippen LogP contribution in [0.4, 0.5) is 0 Å². The predicted molar refractivity (Wildman–Crippen MR) is 87.6 cm³/mol. The minimum absolute atomic E-state index is 0.0644. The van der Waals surface area contributed by atoms with Crippen LogP contribution in [0, 0.1) is 13.8 Å². The molecular formula is C17H15N5O. The van der Waals surface area contributed by atoms with Gasteiger partial charge < -0.3 is 4.57 Å². The van der Waals surface area contributed by atoms with Crippen molar-refractivity contribution in [2.75, 3.05) is 0 Å². The van der Waals surface area contributed by atoms with E-state index in [-0.39, 0.29) is 5.56 Å². The molecule has 1 aromatic carbocycles. The van der Waals surface area contributed by atoms with Crippen molar-refractivity contribution in [1.82, 2.24) is 24.1 Å². The van der Waals surface area contributed by atoms with Crippen molar-refractivity contribution in [2.24, 2.45) is 0 Å². The van der Waals surface area contributed by atoms with Gasteiger partial charge in [0, 0.05) is 6.20 Å². The second-order valence-electron chi connectivity index (χ2n) is 5.66. The summed E-state index contributed by atoms with van der Waals surface area (Å²) >= 11 is 0. The molecule has 114 valence electrons. The van der Waals surface area contributed by atoms with Crippen molar-refractivity contribution in [3.8, 4) is 0 Å². The lowest BCUT2D eigenvalue weighted by Crippen LogP contribution is -2.22. The topological polar surface area (TPSA) is 65.1 Å². The Bertz CT molecular complexity index is 1080. The van der Waals surface area contributed by atoms with Crippen LogP contribution >= 0.6 is 0 Å². The third-order valence-corrected chi connectivity index (χ3v) is 4.00. The lowest BCUT2D eigenvalue weighted by Gasteiger charge is -2.09. The van der Waals surface area contributed by atoms with Crippen LogP contribution in [0.1, 0.15) is 16.8 Å². The Kier molecular flexibility index (Phi) is 2.97. The van der Waals surface area contributed by atoms with Gasteiger partial charge >= 0.3 is 0 Å². The molecule has 4 rings (SSSR count). The van der Waals surface area contributed by atoms with Crippen LogP contribution in [-0.2, 0) is 6.54 Å². The van der Waals surface area contributed by atoms with Gasteiger partial charge in [-0.15, -0.1) is 0 Å². The maximum Gasteiger partial charge on any atom is 0.262 e. The van der Waals surface area contributed by atoms with Crippen LogP contribution < -0.4 is 5.56 Å². The first-order valence-electron chi connectivity index (χ1n) is 7.38. The molecule has 6 heteroatoms. The molecule has 0 amide bonds. The fourth-order valence-electron chi connectivity index (χ4n) is 2.78. The van der Waals surface area contributed by atoms with Gasteiger partial charge in [-0.25, -0.2) is 4.98 Å². The van der Waals surface area contributed by atoms with E-state index < -0.39 is 0 Å². The highest BCUT2D eigenvalue weighted by Gasteiger charge is 2.12. The first kappa shape index (κ1) is 13.6. The van der Waals surface area contributed by atoms with Gasteiger partial charge in [0.2, 0.25) is 0 Å². The molecular weight excluding hydrogens is 290 g/mol. The number of aromatic nitrogens is 5. The zero-order chi connectivity index (χ0) is 16.0. The molecule has 0 aliphatic carbocycles. The fourth-order valence-corrected chi connectivity index (χ4v) is 2.78. The summed E-state index contributed by atoms with van der Waals surface area (Å²) in [6.07, 6.45) is 3.24. The number of benzene rings is 1. The zero-order valence-corrected chi connectivity index (χ0v) is 12.9. The summed E-state index contributed by atoms with van der Waals surface area (Å²) in [7, 11) is 0. The van der Waals surface area contributed by atoms with Crippen molar-refractivity contribution in [3.05, 3.63) is 70.0 Å². The second kappa shape index (κ2) is 5.01. The first-order chi connectivity index (χ1) is 11.1. The van der Waals surface area contributed by atoms with E-state index in [2.05, 4.69) is 15.1 Å². The standard InChI is InChI=1S/C17H15N5O/c1-11-3-5-13(6-4-11)9-21-8-7-14-15(16(21)23)12(2)20-17-18-10-19-22(14)17/h3-8,10H,9H2,1-2H3. The number of pyridine rings is 1.